The Labute approximate surface area is 54.8 Å². The summed E-state index contributed by atoms with van der Waals surface area (Å²) in [5.41, 5.74) is 1.36. The zero-order valence-electron chi connectivity index (χ0n) is 4.81. The molecule has 1 atom stereocenters. The van der Waals surface area contributed by atoms with Crippen molar-refractivity contribution in [1.29, 1.82) is 0 Å². The van der Waals surface area contributed by atoms with Crippen LogP contribution in [0.25, 0.3) is 0 Å². The summed E-state index contributed by atoms with van der Waals surface area (Å²) in [6.45, 7) is 2.10. The maximum absolute atomic E-state index is 4.13. The third kappa shape index (κ3) is 1.10. The maximum atomic E-state index is 4.13. The minimum absolute atomic E-state index is 0.130. The highest BCUT2D eigenvalue weighted by atomic mass is 32.1. The lowest BCUT2D eigenvalue weighted by atomic mass is 10.4. The second kappa shape index (κ2) is 2.31. The fraction of sp³-hybridized carbons (Fsp3) is 0.600. The van der Waals surface area contributed by atoms with Gasteiger partial charge in [0.1, 0.15) is 5.50 Å². The van der Waals surface area contributed by atoms with Crippen LogP contribution in [0.4, 0.5) is 0 Å². The van der Waals surface area contributed by atoms with Crippen LogP contribution in [0.3, 0.4) is 0 Å². The number of hydrogen-bond acceptors (Lipinski definition) is 3. The third-order valence-corrected chi connectivity index (χ3v) is 1.40. The summed E-state index contributed by atoms with van der Waals surface area (Å²) in [7, 11) is 0. The standard InChI is InChI=1S/C5H10N2S/c1-2-4-3-6-5(8)7-4/h3,5-8H,2H2,1H3. The fourth-order valence-electron chi connectivity index (χ4n) is 0.643. The Balaban J connectivity index is 2.37. The highest BCUT2D eigenvalue weighted by Gasteiger charge is 2.06. The Morgan fingerprint density at radius 3 is 2.88 bits per heavy atom. The van der Waals surface area contributed by atoms with Crippen LogP contribution in [0.5, 0.6) is 0 Å². The smallest absolute Gasteiger partial charge is 0.142 e. The van der Waals surface area contributed by atoms with Crippen molar-refractivity contribution in [3.63, 3.8) is 0 Å². The summed E-state index contributed by atoms with van der Waals surface area (Å²) >= 11 is 4.13. The van der Waals surface area contributed by atoms with Gasteiger partial charge >= 0.3 is 0 Å². The molecular formula is C5H10N2S. The van der Waals surface area contributed by atoms with E-state index in [4.69, 9.17) is 0 Å². The fourth-order valence-corrected chi connectivity index (χ4v) is 0.883. The van der Waals surface area contributed by atoms with Gasteiger partial charge in [0.2, 0.25) is 0 Å². The third-order valence-electron chi connectivity index (χ3n) is 1.12. The van der Waals surface area contributed by atoms with E-state index in [1.54, 1.807) is 0 Å². The molecule has 0 aliphatic carbocycles. The topological polar surface area (TPSA) is 24.1 Å². The first kappa shape index (κ1) is 5.82. The lowest BCUT2D eigenvalue weighted by Gasteiger charge is -2.03. The maximum Gasteiger partial charge on any atom is 0.142 e. The molecule has 0 spiro atoms. The average Bonchev–Trinajstić information content (AvgIpc) is 2.14. The highest BCUT2D eigenvalue weighted by Crippen LogP contribution is 2.03. The lowest BCUT2D eigenvalue weighted by Crippen LogP contribution is -2.25. The molecule has 1 heterocycles. The van der Waals surface area contributed by atoms with Crippen LogP contribution in [0, 0.1) is 0 Å². The van der Waals surface area contributed by atoms with E-state index in [2.05, 4.69) is 30.2 Å². The Hall–Kier alpha value is -0.310. The zero-order chi connectivity index (χ0) is 5.98. The second-order valence-electron chi connectivity index (χ2n) is 1.74. The first-order valence-corrected chi connectivity index (χ1v) is 3.24. The summed E-state index contributed by atoms with van der Waals surface area (Å²) in [6, 6.07) is 0. The zero-order valence-corrected chi connectivity index (χ0v) is 5.70. The molecular weight excluding hydrogens is 120 g/mol. The summed E-state index contributed by atoms with van der Waals surface area (Å²) in [6.07, 6.45) is 3.00. The van der Waals surface area contributed by atoms with E-state index in [1.807, 2.05) is 6.20 Å². The number of thiol groups is 1. The van der Waals surface area contributed by atoms with E-state index in [0.29, 0.717) is 0 Å². The first-order chi connectivity index (χ1) is 3.83. The number of nitrogens with one attached hydrogen (secondary N) is 2. The molecule has 0 bridgehead atoms. The van der Waals surface area contributed by atoms with Gasteiger partial charge in [0.25, 0.3) is 0 Å². The summed E-state index contributed by atoms with van der Waals surface area (Å²) < 4.78 is 0. The molecule has 1 aliphatic rings. The van der Waals surface area contributed by atoms with E-state index < -0.39 is 0 Å². The van der Waals surface area contributed by atoms with Crippen molar-refractivity contribution in [3.05, 3.63) is 11.9 Å². The van der Waals surface area contributed by atoms with Crippen molar-refractivity contribution in [2.75, 3.05) is 0 Å². The van der Waals surface area contributed by atoms with Gasteiger partial charge in [-0.15, -0.1) is 12.6 Å². The number of hydrogen-bond donors (Lipinski definition) is 3. The van der Waals surface area contributed by atoms with Crippen LogP contribution in [0.2, 0.25) is 0 Å². The van der Waals surface area contributed by atoms with Crippen LogP contribution in [-0.2, 0) is 0 Å². The minimum Gasteiger partial charge on any atom is -0.362 e. The number of rotatable bonds is 1. The lowest BCUT2D eigenvalue weighted by molar-refractivity contribution is 0.742. The minimum atomic E-state index is 0.130. The van der Waals surface area contributed by atoms with Crippen molar-refractivity contribution >= 4 is 12.6 Å². The van der Waals surface area contributed by atoms with Gasteiger partial charge in [-0.05, 0) is 6.42 Å². The Bertz CT molecular complexity index is 111. The molecule has 1 rings (SSSR count). The van der Waals surface area contributed by atoms with Gasteiger partial charge in [-0.3, -0.25) is 0 Å². The second-order valence-corrected chi connectivity index (χ2v) is 2.25. The molecule has 0 saturated carbocycles. The molecule has 0 aromatic heterocycles. The highest BCUT2D eigenvalue weighted by molar-refractivity contribution is 7.80. The largest absolute Gasteiger partial charge is 0.362 e. The van der Waals surface area contributed by atoms with Crippen molar-refractivity contribution in [2.24, 2.45) is 0 Å². The molecule has 2 nitrogen and oxygen atoms in total. The van der Waals surface area contributed by atoms with Crippen LogP contribution in [-0.4, -0.2) is 5.50 Å². The first-order valence-electron chi connectivity index (χ1n) is 2.72. The molecule has 0 amide bonds. The SMILES string of the molecule is CCC1=CNC(S)N1. The molecule has 1 unspecified atom stereocenters. The molecule has 0 aromatic rings. The van der Waals surface area contributed by atoms with Gasteiger partial charge in [-0.1, -0.05) is 6.92 Å². The molecule has 0 radical (unpaired) electrons. The molecule has 46 valence electrons. The van der Waals surface area contributed by atoms with Gasteiger partial charge in [0.15, 0.2) is 0 Å². The van der Waals surface area contributed by atoms with Gasteiger partial charge < -0.3 is 10.6 Å². The van der Waals surface area contributed by atoms with Gasteiger partial charge in [0, 0.05) is 11.9 Å². The molecule has 3 heteroatoms. The molecule has 0 saturated heterocycles. The molecule has 8 heavy (non-hydrogen) atoms. The van der Waals surface area contributed by atoms with E-state index in [0.717, 1.165) is 6.42 Å². The van der Waals surface area contributed by atoms with Gasteiger partial charge in [-0.25, -0.2) is 0 Å². The number of allylic oxidation sites excluding steroid dienone is 1. The predicted octanol–water partition coefficient (Wildman–Crippen LogP) is 0.644. The van der Waals surface area contributed by atoms with Crippen LogP contribution < -0.4 is 10.6 Å². The summed E-state index contributed by atoms with van der Waals surface area (Å²) in [4.78, 5) is 0. The average molecular weight is 130 g/mol. The Morgan fingerprint density at radius 2 is 2.62 bits per heavy atom. The molecule has 1 aliphatic heterocycles. The van der Waals surface area contributed by atoms with E-state index in [-0.39, 0.29) is 5.50 Å². The normalized spacial score (nSPS) is 26.2. The van der Waals surface area contributed by atoms with E-state index in [1.165, 1.54) is 5.70 Å². The van der Waals surface area contributed by atoms with Gasteiger partial charge in [0.05, 0.1) is 0 Å². The van der Waals surface area contributed by atoms with Crippen LogP contribution in [0.15, 0.2) is 11.9 Å². The van der Waals surface area contributed by atoms with E-state index in [9.17, 15) is 0 Å². The van der Waals surface area contributed by atoms with E-state index >= 15 is 0 Å². The molecule has 2 N–H and O–H groups in total. The summed E-state index contributed by atoms with van der Waals surface area (Å²) in [5, 5.41) is 6.13. The predicted molar refractivity (Wildman–Crippen MR) is 37.4 cm³/mol. The quantitative estimate of drug-likeness (QED) is 0.454. The molecule has 0 aromatic carbocycles. The monoisotopic (exact) mass is 130 g/mol. The van der Waals surface area contributed by atoms with Crippen LogP contribution in [0.1, 0.15) is 13.3 Å². The van der Waals surface area contributed by atoms with Crippen LogP contribution >= 0.6 is 12.6 Å². The summed E-state index contributed by atoms with van der Waals surface area (Å²) in [5.74, 6) is 0. The Kier molecular flexibility index (Phi) is 1.68. The van der Waals surface area contributed by atoms with Gasteiger partial charge in [-0.2, -0.15) is 0 Å². The van der Waals surface area contributed by atoms with Crippen molar-refractivity contribution < 1.29 is 0 Å². The van der Waals surface area contributed by atoms with Crippen molar-refractivity contribution in [3.8, 4) is 0 Å². The Morgan fingerprint density at radius 1 is 1.88 bits per heavy atom. The van der Waals surface area contributed by atoms with Crippen molar-refractivity contribution in [2.45, 2.75) is 18.8 Å². The molecule has 0 fully saturated rings. The van der Waals surface area contributed by atoms with Crippen molar-refractivity contribution in [1.82, 2.24) is 10.6 Å².